The summed E-state index contributed by atoms with van der Waals surface area (Å²) in [5.41, 5.74) is 5.16. The number of ether oxygens (including phenoxy) is 1. The predicted molar refractivity (Wildman–Crippen MR) is 136 cm³/mol. The molecule has 4 rings (SSSR count). The van der Waals surface area contributed by atoms with E-state index in [1.807, 2.05) is 32.0 Å². The van der Waals surface area contributed by atoms with Crippen molar-refractivity contribution in [3.8, 4) is 11.1 Å². The SMILES string of the molecule is CCS(=O)(=O)c1cccc(-c2cc(C(=O)NCCOCCO)c(C)c3[nH]c4ncc(C)cc4c23)c1. The molecule has 9 heteroatoms. The normalized spacial score (nSPS) is 11.9. The number of pyridine rings is 1. The molecule has 0 fully saturated rings. The smallest absolute Gasteiger partial charge is 0.251 e. The molecule has 0 aliphatic heterocycles. The largest absolute Gasteiger partial charge is 0.394 e. The number of nitrogens with one attached hydrogen (secondary N) is 2. The maximum Gasteiger partial charge on any atom is 0.251 e. The van der Waals surface area contributed by atoms with Crippen LogP contribution in [0.3, 0.4) is 0 Å². The second-order valence-electron chi connectivity index (χ2n) is 8.40. The molecule has 4 aromatic rings. The van der Waals surface area contributed by atoms with Gasteiger partial charge in [0.1, 0.15) is 5.65 Å². The third-order valence-corrected chi connectivity index (χ3v) is 7.75. The number of carbonyl (C=O) groups excluding carboxylic acids is 1. The number of carbonyl (C=O) groups is 1. The molecule has 2 aromatic heterocycles. The zero-order chi connectivity index (χ0) is 25.2. The highest BCUT2D eigenvalue weighted by atomic mass is 32.2. The molecule has 35 heavy (non-hydrogen) atoms. The van der Waals surface area contributed by atoms with Crippen LogP contribution in [0.15, 0.2) is 47.5 Å². The number of benzene rings is 2. The van der Waals surface area contributed by atoms with Crippen molar-refractivity contribution in [1.82, 2.24) is 15.3 Å². The minimum absolute atomic E-state index is 0.00195. The van der Waals surface area contributed by atoms with Gasteiger partial charge in [0, 0.05) is 29.1 Å². The number of hydrogen-bond acceptors (Lipinski definition) is 6. The second kappa shape index (κ2) is 10.2. The highest BCUT2D eigenvalue weighted by Gasteiger charge is 2.21. The lowest BCUT2D eigenvalue weighted by Crippen LogP contribution is -2.28. The van der Waals surface area contributed by atoms with Gasteiger partial charge in [-0.15, -0.1) is 0 Å². The molecule has 0 unspecified atom stereocenters. The van der Waals surface area contributed by atoms with Crippen LogP contribution in [0.25, 0.3) is 33.1 Å². The van der Waals surface area contributed by atoms with Crippen molar-refractivity contribution in [2.24, 2.45) is 0 Å². The van der Waals surface area contributed by atoms with Crippen LogP contribution in [0.5, 0.6) is 0 Å². The standard InChI is InChI=1S/C26H29N3O5S/c1-4-35(32,33)19-7-5-6-18(13-19)21-14-20(26(31)27-8-10-34-11-9-30)17(3)24-23(21)22-12-16(2)15-28-25(22)29-24/h5-7,12-15,30H,4,8-11H2,1-3H3,(H,27,31)(H,28,29). The summed E-state index contributed by atoms with van der Waals surface area (Å²) in [6.45, 7) is 6.18. The molecule has 0 radical (unpaired) electrons. The van der Waals surface area contributed by atoms with Crippen molar-refractivity contribution < 1.29 is 23.1 Å². The Bertz CT molecular complexity index is 1510. The molecular formula is C26H29N3O5S. The first-order valence-electron chi connectivity index (χ1n) is 11.5. The first-order chi connectivity index (χ1) is 16.8. The average Bonchev–Trinajstić information content (AvgIpc) is 3.23. The molecule has 1 amide bonds. The summed E-state index contributed by atoms with van der Waals surface area (Å²) in [7, 11) is -3.40. The molecule has 0 aliphatic carbocycles. The van der Waals surface area contributed by atoms with Gasteiger partial charge in [-0.3, -0.25) is 4.79 Å². The van der Waals surface area contributed by atoms with Gasteiger partial charge in [0.2, 0.25) is 0 Å². The number of hydrogen-bond donors (Lipinski definition) is 3. The number of nitrogens with zero attached hydrogens (tertiary/aromatic N) is 1. The number of sulfone groups is 1. The number of aliphatic hydroxyl groups is 1. The quantitative estimate of drug-likeness (QED) is 0.306. The van der Waals surface area contributed by atoms with Crippen LogP contribution in [0.2, 0.25) is 0 Å². The average molecular weight is 496 g/mol. The Balaban J connectivity index is 1.90. The van der Waals surface area contributed by atoms with Crippen LogP contribution in [0.1, 0.15) is 28.4 Å². The molecule has 0 saturated carbocycles. The Morgan fingerprint density at radius 3 is 2.71 bits per heavy atom. The van der Waals surface area contributed by atoms with Gasteiger partial charge in [-0.2, -0.15) is 0 Å². The van der Waals surface area contributed by atoms with Gasteiger partial charge in [0.15, 0.2) is 9.84 Å². The number of aryl methyl sites for hydroxylation is 2. The molecule has 0 spiro atoms. The van der Waals surface area contributed by atoms with Gasteiger partial charge >= 0.3 is 0 Å². The van der Waals surface area contributed by atoms with E-state index >= 15 is 0 Å². The maximum atomic E-state index is 13.1. The van der Waals surface area contributed by atoms with E-state index in [1.54, 1.807) is 31.3 Å². The van der Waals surface area contributed by atoms with Gasteiger partial charge in [-0.05, 0) is 60.4 Å². The van der Waals surface area contributed by atoms with Gasteiger partial charge in [-0.1, -0.05) is 19.1 Å². The van der Waals surface area contributed by atoms with E-state index in [9.17, 15) is 13.2 Å². The fourth-order valence-electron chi connectivity index (χ4n) is 4.18. The zero-order valence-corrected chi connectivity index (χ0v) is 20.8. The summed E-state index contributed by atoms with van der Waals surface area (Å²) >= 11 is 0. The molecule has 0 bridgehead atoms. The van der Waals surface area contributed by atoms with E-state index in [2.05, 4.69) is 15.3 Å². The summed E-state index contributed by atoms with van der Waals surface area (Å²) in [5, 5.41) is 13.5. The van der Waals surface area contributed by atoms with E-state index in [-0.39, 0.29) is 36.4 Å². The van der Waals surface area contributed by atoms with E-state index < -0.39 is 9.84 Å². The lowest BCUT2D eigenvalue weighted by Gasteiger charge is -2.14. The molecule has 3 N–H and O–H groups in total. The molecular weight excluding hydrogens is 466 g/mol. The number of aromatic amines is 1. The predicted octanol–water partition coefficient (Wildman–Crippen LogP) is 3.53. The summed E-state index contributed by atoms with van der Waals surface area (Å²) in [6, 6.07) is 10.7. The highest BCUT2D eigenvalue weighted by Crippen LogP contribution is 2.38. The summed E-state index contributed by atoms with van der Waals surface area (Å²) < 4.78 is 30.4. The molecule has 0 saturated heterocycles. The fraction of sp³-hybridized carbons (Fsp3) is 0.308. The molecule has 8 nitrogen and oxygen atoms in total. The Hall–Kier alpha value is -3.27. The Labute approximate surface area is 204 Å². The van der Waals surface area contributed by atoms with Crippen molar-refractivity contribution in [2.75, 3.05) is 32.1 Å². The topological polar surface area (TPSA) is 121 Å². The van der Waals surface area contributed by atoms with Crippen molar-refractivity contribution in [3.05, 3.63) is 59.3 Å². The number of aliphatic hydroxyl groups excluding tert-OH is 1. The third kappa shape index (κ3) is 4.93. The molecule has 0 aliphatic rings. The van der Waals surface area contributed by atoms with Crippen LogP contribution in [-0.2, 0) is 14.6 Å². The highest BCUT2D eigenvalue weighted by molar-refractivity contribution is 7.91. The number of H-pyrrole nitrogens is 1. The maximum absolute atomic E-state index is 13.1. The number of rotatable bonds is 9. The zero-order valence-electron chi connectivity index (χ0n) is 20.0. The minimum atomic E-state index is -3.40. The van der Waals surface area contributed by atoms with Crippen LogP contribution in [-0.4, -0.2) is 61.5 Å². The van der Waals surface area contributed by atoms with Crippen LogP contribution < -0.4 is 5.32 Å². The molecule has 184 valence electrons. The second-order valence-corrected chi connectivity index (χ2v) is 10.7. The van der Waals surface area contributed by atoms with Crippen molar-refractivity contribution in [3.63, 3.8) is 0 Å². The monoisotopic (exact) mass is 495 g/mol. The van der Waals surface area contributed by atoms with Gasteiger partial charge in [-0.25, -0.2) is 13.4 Å². The number of fused-ring (bicyclic) bond motifs is 3. The van der Waals surface area contributed by atoms with Crippen molar-refractivity contribution >= 4 is 37.7 Å². The summed E-state index contributed by atoms with van der Waals surface area (Å²) in [5.74, 6) is -0.263. The summed E-state index contributed by atoms with van der Waals surface area (Å²) in [6.07, 6.45) is 1.78. The molecule has 2 aromatic carbocycles. The first-order valence-corrected chi connectivity index (χ1v) is 13.1. The third-order valence-electron chi connectivity index (χ3n) is 6.02. The van der Waals surface area contributed by atoms with E-state index in [0.717, 1.165) is 33.0 Å². The fourth-order valence-corrected chi connectivity index (χ4v) is 5.11. The van der Waals surface area contributed by atoms with Crippen LogP contribution >= 0.6 is 0 Å². The Morgan fingerprint density at radius 2 is 1.97 bits per heavy atom. The van der Waals surface area contributed by atoms with Gasteiger partial charge in [0.05, 0.1) is 36.0 Å². The Morgan fingerprint density at radius 1 is 1.17 bits per heavy atom. The number of aromatic nitrogens is 2. The lowest BCUT2D eigenvalue weighted by atomic mass is 9.93. The van der Waals surface area contributed by atoms with E-state index in [0.29, 0.717) is 23.3 Å². The lowest BCUT2D eigenvalue weighted by molar-refractivity contribution is 0.0838. The number of amides is 1. The van der Waals surface area contributed by atoms with Crippen LogP contribution in [0.4, 0.5) is 0 Å². The summed E-state index contributed by atoms with van der Waals surface area (Å²) in [4.78, 5) is 21.3. The van der Waals surface area contributed by atoms with Crippen molar-refractivity contribution in [1.29, 1.82) is 0 Å². The first kappa shape index (κ1) is 24.8. The Kier molecular flexibility index (Phi) is 7.20. The van der Waals surface area contributed by atoms with Gasteiger partial charge in [0.25, 0.3) is 5.91 Å². The van der Waals surface area contributed by atoms with Crippen molar-refractivity contribution in [2.45, 2.75) is 25.7 Å². The van der Waals surface area contributed by atoms with E-state index in [4.69, 9.17) is 9.84 Å². The molecule has 0 atom stereocenters. The molecule has 2 heterocycles. The van der Waals surface area contributed by atoms with Crippen LogP contribution in [0, 0.1) is 13.8 Å². The van der Waals surface area contributed by atoms with E-state index in [1.165, 1.54) is 0 Å². The minimum Gasteiger partial charge on any atom is -0.394 e. The van der Waals surface area contributed by atoms with Gasteiger partial charge < -0.3 is 20.1 Å².